The van der Waals surface area contributed by atoms with Crippen molar-refractivity contribution >= 4 is 57.1 Å². The number of halogens is 1. The van der Waals surface area contributed by atoms with Crippen LogP contribution in [0.4, 0.5) is 4.39 Å². The Morgan fingerprint density at radius 2 is 1.07 bits per heavy atom. The first kappa shape index (κ1) is 46.6. The van der Waals surface area contributed by atoms with Gasteiger partial charge in [0.25, 0.3) is 23.6 Å². The first-order chi connectivity index (χ1) is 34.2. The summed E-state index contributed by atoms with van der Waals surface area (Å²) in [6.07, 6.45) is 2.99. The number of hydrogen-bond acceptors (Lipinski definition) is 12. The second-order valence-electron chi connectivity index (χ2n) is 16.5. The van der Waals surface area contributed by atoms with E-state index in [1.807, 2.05) is 38.1 Å². The number of amides is 4. The van der Waals surface area contributed by atoms with Gasteiger partial charge in [0.15, 0.2) is 22.5 Å². The molecular weight excluding hydrogens is 916 g/mol. The van der Waals surface area contributed by atoms with Crippen LogP contribution in [0, 0.1) is 12.7 Å². The summed E-state index contributed by atoms with van der Waals surface area (Å²) in [5.74, 6) is -3.13. The van der Waals surface area contributed by atoms with Gasteiger partial charge in [-0.15, -0.1) is 0 Å². The largest absolute Gasteiger partial charge is 0.419 e. The Morgan fingerprint density at radius 3 is 1.58 bits per heavy atom. The second kappa shape index (κ2) is 19.6. The van der Waals surface area contributed by atoms with Crippen LogP contribution in [0.25, 0.3) is 33.5 Å². The molecule has 4 aromatic carbocycles. The molecule has 10 aromatic rings. The van der Waals surface area contributed by atoms with E-state index in [9.17, 15) is 33.2 Å². The van der Waals surface area contributed by atoms with Gasteiger partial charge in [-0.2, -0.15) is 10.2 Å². The highest BCUT2D eigenvalue weighted by molar-refractivity contribution is 5.99. The lowest BCUT2D eigenvalue weighted by Crippen LogP contribution is -2.30. The Morgan fingerprint density at radius 1 is 0.592 bits per heavy atom. The van der Waals surface area contributed by atoms with E-state index in [1.165, 1.54) is 54.8 Å². The molecule has 21 heteroatoms. The Labute approximate surface area is 400 Å². The summed E-state index contributed by atoms with van der Waals surface area (Å²) in [6.45, 7) is 4.36. The second-order valence-corrected chi connectivity index (χ2v) is 16.5. The van der Waals surface area contributed by atoms with Gasteiger partial charge in [0, 0.05) is 58.0 Å². The van der Waals surface area contributed by atoms with Crippen molar-refractivity contribution in [2.45, 2.75) is 39.5 Å². The van der Waals surface area contributed by atoms with E-state index in [2.05, 4.69) is 41.4 Å². The first-order valence-electron chi connectivity index (χ1n) is 22.0. The summed E-state index contributed by atoms with van der Waals surface area (Å²) in [7, 11) is 3.22. The first-order valence-corrected chi connectivity index (χ1v) is 22.0. The summed E-state index contributed by atoms with van der Waals surface area (Å²) < 4.78 is 29.2. The van der Waals surface area contributed by atoms with Gasteiger partial charge in [0.2, 0.25) is 0 Å². The fourth-order valence-electron chi connectivity index (χ4n) is 7.62. The van der Waals surface area contributed by atoms with Crippen LogP contribution < -0.4 is 32.8 Å². The molecule has 4 N–H and O–H groups in total. The SMILES string of the molecule is Cc1ccc([C@H](C)NC(=O)c2cc(C(=O)NCc3ccc4oc(=O)n(C)c4c3)nc3ccnn23)cc1.Cn1c(=O)oc2ccc(CNC(=O)c3cc(C(=O)NCc4cccc(F)c4)n4nccc4n3)cc21. The topological polar surface area (TPSA) is 247 Å². The number of hydrogen-bond donors (Lipinski definition) is 4. The monoisotopic (exact) mass is 958 g/mol. The smallest absolute Gasteiger partial charge is 0.408 e. The number of rotatable bonds is 12. The van der Waals surface area contributed by atoms with E-state index in [0.717, 1.165) is 22.3 Å². The van der Waals surface area contributed by atoms with E-state index < -0.39 is 35.1 Å². The van der Waals surface area contributed by atoms with Gasteiger partial charge in [0.05, 0.1) is 29.5 Å². The van der Waals surface area contributed by atoms with Gasteiger partial charge in [-0.05, 0) is 72.5 Å². The number of benzene rings is 4. The van der Waals surface area contributed by atoms with Crippen molar-refractivity contribution in [2.24, 2.45) is 14.1 Å². The summed E-state index contributed by atoms with van der Waals surface area (Å²) in [5, 5.41) is 19.6. The molecule has 6 aromatic heterocycles. The number of nitrogens with zero attached hydrogens (tertiary/aromatic N) is 8. The summed E-state index contributed by atoms with van der Waals surface area (Å²) in [5.41, 5.74) is 7.52. The highest BCUT2D eigenvalue weighted by Gasteiger charge is 2.21. The van der Waals surface area contributed by atoms with Crippen LogP contribution in [0.15, 0.2) is 140 Å². The summed E-state index contributed by atoms with van der Waals surface area (Å²) in [4.78, 5) is 83.9. The normalized spacial score (nSPS) is 11.6. The van der Waals surface area contributed by atoms with Gasteiger partial charge >= 0.3 is 11.5 Å². The maximum atomic E-state index is 13.4. The van der Waals surface area contributed by atoms with Gasteiger partial charge in [0.1, 0.15) is 28.6 Å². The molecule has 0 unspecified atom stereocenters. The minimum atomic E-state index is -0.495. The fourth-order valence-corrected chi connectivity index (χ4v) is 7.62. The van der Waals surface area contributed by atoms with Crippen molar-refractivity contribution in [1.82, 2.24) is 59.6 Å². The zero-order valence-corrected chi connectivity index (χ0v) is 38.5. The predicted molar refractivity (Wildman–Crippen MR) is 256 cm³/mol. The Kier molecular flexibility index (Phi) is 12.9. The number of aryl methyl sites for hydroxylation is 3. The maximum absolute atomic E-state index is 13.4. The molecule has 0 radical (unpaired) electrons. The summed E-state index contributed by atoms with van der Waals surface area (Å²) >= 11 is 0. The number of oxazole rings is 2. The quantitative estimate of drug-likeness (QED) is 0.125. The molecule has 0 bridgehead atoms. The van der Waals surface area contributed by atoms with Gasteiger partial charge < -0.3 is 30.1 Å². The molecule has 0 aliphatic rings. The van der Waals surface area contributed by atoms with Gasteiger partial charge in [-0.3, -0.25) is 28.3 Å². The van der Waals surface area contributed by atoms with E-state index in [-0.39, 0.29) is 54.4 Å². The lowest BCUT2D eigenvalue weighted by Gasteiger charge is -2.15. The van der Waals surface area contributed by atoms with Crippen LogP contribution in [0.2, 0.25) is 0 Å². The third-order valence-corrected chi connectivity index (χ3v) is 11.5. The van der Waals surface area contributed by atoms with E-state index >= 15 is 0 Å². The lowest BCUT2D eigenvalue weighted by atomic mass is 10.1. The van der Waals surface area contributed by atoms with Crippen molar-refractivity contribution in [3.05, 3.63) is 199 Å². The number of carbonyl (C=O) groups excluding carboxylic acids is 4. The molecule has 358 valence electrons. The lowest BCUT2D eigenvalue weighted by molar-refractivity contribution is 0.0922. The minimum Gasteiger partial charge on any atom is -0.408 e. The van der Waals surface area contributed by atoms with E-state index in [4.69, 9.17) is 8.83 Å². The van der Waals surface area contributed by atoms with Gasteiger partial charge in [-0.25, -0.2) is 33.0 Å². The zero-order chi connectivity index (χ0) is 49.9. The molecule has 6 heterocycles. The maximum Gasteiger partial charge on any atom is 0.419 e. The molecule has 20 nitrogen and oxygen atoms in total. The Balaban J connectivity index is 0.000000176. The number of carbonyl (C=O) groups is 4. The number of nitrogens with one attached hydrogen (secondary N) is 4. The predicted octanol–water partition coefficient (Wildman–Crippen LogP) is 5.08. The van der Waals surface area contributed by atoms with Crippen LogP contribution in [0.3, 0.4) is 0 Å². The molecule has 0 aliphatic heterocycles. The average Bonchev–Trinajstić information content (AvgIpc) is 4.17. The highest BCUT2D eigenvalue weighted by Crippen LogP contribution is 2.18. The number of fused-ring (bicyclic) bond motifs is 4. The van der Waals surface area contributed by atoms with Crippen molar-refractivity contribution in [3.63, 3.8) is 0 Å². The molecule has 0 fully saturated rings. The van der Waals surface area contributed by atoms with Crippen LogP contribution in [0.1, 0.15) is 82.7 Å². The fraction of sp³-hybridized carbons (Fsp3) is 0.160. The standard InChI is InChI=1S/C26H24N6O4.C24H19FN6O4/c1-15-4-7-18(8-5-15)16(2)29-25(34)21-13-19(30-23-10-11-28-32(21)23)24(33)27-14-17-6-9-22-20(12-17)31(3)26(35)36-22;1-30-18-10-15(5-6-20(18)35-24(30)34)13-26-22(32)17-11-19(31-21(29-17)7-8-28-31)23(33)27-12-14-3-2-4-16(25)9-14/h4-13,16H,14H2,1-3H3,(H,27,33)(H,29,34);2-11H,12-13H2,1H3,(H,26,32)(H,27,33)/t16-;/m0./s1. The summed E-state index contributed by atoms with van der Waals surface area (Å²) in [6, 6.07) is 29.9. The molecule has 0 aliphatic carbocycles. The van der Waals surface area contributed by atoms with E-state index in [1.54, 1.807) is 74.8 Å². The van der Waals surface area contributed by atoms with Gasteiger partial charge in [-0.1, -0.05) is 54.1 Å². The van der Waals surface area contributed by atoms with Crippen LogP contribution >= 0.6 is 0 Å². The van der Waals surface area contributed by atoms with Crippen molar-refractivity contribution in [2.75, 3.05) is 0 Å². The third kappa shape index (κ3) is 10.0. The molecule has 0 spiro atoms. The van der Waals surface area contributed by atoms with Crippen molar-refractivity contribution < 1.29 is 32.4 Å². The van der Waals surface area contributed by atoms with Crippen molar-refractivity contribution in [1.29, 1.82) is 0 Å². The third-order valence-electron chi connectivity index (χ3n) is 11.5. The molecule has 4 amide bonds. The Bertz CT molecular complexity index is 3810. The Hall–Kier alpha value is -9.53. The molecule has 10 rings (SSSR count). The molecule has 1 atom stereocenters. The van der Waals surface area contributed by atoms with Crippen LogP contribution in [-0.4, -0.2) is 62.0 Å². The van der Waals surface area contributed by atoms with Crippen LogP contribution in [-0.2, 0) is 33.7 Å². The zero-order valence-electron chi connectivity index (χ0n) is 38.5. The molecule has 0 saturated heterocycles. The van der Waals surface area contributed by atoms with Crippen molar-refractivity contribution in [3.8, 4) is 0 Å². The minimum absolute atomic E-state index is 0.0331. The van der Waals surface area contributed by atoms with Crippen LogP contribution in [0.5, 0.6) is 0 Å². The average molecular weight is 959 g/mol. The van der Waals surface area contributed by atoms with E-state index in [0.29, 0.717) is 39.1 Å². The number of aromatic nitrogens is 8. The molecular formula is C50H43FN12O8. The molecule has 0 saturated carbocycles. The highest BCUT2D eigenvalue weighted by atomic mass is 19.1. The molecule has 71 heavy (non-hydrogen) atoms.